The molecular weight excluding hydrogens is 989 g/mol. The highest BCUT2D eigenvalue weighted by atomic mass is 35.5. The second-order valence-electron chi connectivity index (χ2n) is 21.0. The monoisotopic (exact) mass is 1050 g/mol. The van der Waals surface area contributed by atoms with Crippen molar-refractivity contribution in [3.8, 4) is 28.0 Å². The molecule has 4 amide bonds. The second kappa shape index (κ2) is 20.2. The number of hydrogen-bond acceptors (Lipinski definition) is 14. The molecule has 1 atom stereocenters. The minimum atomic E-state index is -2.74. The van der Waals surface area contributed by atoms with Crippen LogP contribution in [0.4, 0.5) is 34.5 Å². The SMILES string of the molecule is COc1cc(N2CCC3(CC2)CCN(C2CCN(c4ccc5c(c4)C(=O)N(C4CCC(=O)NC4=O)C5=O)CC2)CC3)c(-c2cnn(C)c2)cc1Nc1ncc(Cl)c(Nc2ccc(-c3ccccc3)cc2P(C)(C)=O)n1. The number of nitrogens with one attached hydrogen (secondary N) is 3. The van der Waals surface area contributed by atoms with Gasteiger partial charge >= 0.3 is 0 Å². The van der Waals surface area contributed by atoms with Gasteiger partial charge in [-0.05, 0) is 124 Å². The molecule has 2 aromatic heterocycles. The number of halogens is 1. The summed E-state index contributed by atoms with van der Waals surface area (Å²) in [6.45, 7) is 9.15. The van der Waals surface area contributed by atoms with Crippen LogP contribution in [0.15, 0.2) is 97.5 Å². The Morgan fingerprint density at radius 3 is 2.17 bits per heavy atom. The maximum atomic E-state index is 13.7. The quantitative estimate of drug-likeness (QED) is 0.0780. The molecule has 3 N–H and O–H groups in total. The molecule has 0 aliphatic carbocycles. The van der Waals surface area contributed by atoms with E-state index in [1.165, 1.54) is 0 Å². The predicted octanol–water partition coefficient (Wildman–Crippen LogP) is 8.69. The van der Waals surface area contributed by atoms with E-state index in [0.29, 0.717) is 56.4 Å². The highest BCUT2D eigenvalue weighted by Gasteiger charge is 2.45. The third kappa shape index (κ3) is 10.0. The van der Waals surface area contributed by atoms with Crippen molar-refractivity contribution >= 4 is 82.2 Å². The molecule has 1 unspecified atom stereocenters. The molecule has 388 valence electrons. The number of aromatic nitrogens is 4. The van der Waals surface area contributed by atoms with Crippen molar-refractivity contribution in [1.82, 2.24) is 34.9 Å². The van der Waals surface area contributed by atoms with Crippen LogP contribution in [0.5, 0.6) is 5.75 Å². The highest BCUT2D eigenvalue weighted by molar-refractivity contribution is 7.70. The van der Waals surface area contributed by atoms with Gasteiger partial charge in [0.05, 0.1) is 42.0 Å². The van der Waals surface area contributed by atoms with Gasteiger partial charge in [0, 0.05) is 85.8 Å². The minimum absolute atomic E-state index is 0.0889. The van der Waals surface area contributed by atoms with E-state index in [-0.39, 0.29) is 18.3 Å². The molecule has 6 aromatic rings. The fourth-order valence-corrected chi connectivity index (χ4v) is 13.1. The third-order valence-electron chi connectivity index (χ3n) is 16.1. The first-order chi connectivity index (χ1) is 36.1. The fourth-order valence-electron chi connectivity index (χ4n) is 11.8. The van der Waals surface area contributed by atoms with Crippen LogP contribution in [0.3, 0.4) is 0 Å². The number of rotatable bonds is 12. The van der Waals surface area contributed by atoms with Gasteiger partial charge in [-0.15, -0.1) is 0 Å². The zero-order valence-corrected chi connectivity index (χ0v) is 44.3. The topological polar surface area (TPSA) is 187 Å². The number of likely N-dealkylation sites (tertiary alicyclic amines) is 1. The van der Waals surface area contributed by atoms with E-state index < -0.39 is 36.8 Å². The van der Waals surface area contributed by atoms with E-state index in [9.17, 15) is 23.7 Å². The van der Waals surface area contributed by atoms with E-state index in [1.807, 2.05) is 78.7 Å². The molecule has 75 heavy (non-hydrogen) atoms. The molecule has 4 fully saturated rings. The van der Waals surface area contributed by atoms with Gasteiger partial charge in [0.1, 0.15) is 24.0 Å². The minimum Gasteiger partial charge on any atom is -0.494 e. The van der Waals surface area contributed by atoms with Gasteiger partial charge in [0.2, 0.25) is 17.8 Å². The summed E-state index contributed by atoms with van der Waals surface area (Å²) in [6, 6.07) is 25.0. The number of aryl methyl sites for hydroxylation is 1. The van der Waals surface area contributed by atoms with Crippen LogP contribution < -0.4 is 35.8 Å². The number of benzene rings is 4. The number of amides is 4. The number of nitrogens with zero attached hydrogens (tertiary/aromatic N) is 8. The molecule has 0 radical (unpaired) electrons. The number of ether oxygens (including phenoxy) is 1. The largest absolute Gasteiger partial charge is 0.494 e. The summed E-state index contributed by atoms with van der Waals surface area (Å²) in [7, 11) is 0.843. The number of fused-ring (bicyclic) bond motifs is 1. The van der Waals surface area contributed by atoms with Gasteiger partial charge in [-0.2, -0.15) is 10.1 Å². The Balaban J connectivity index is 0.735. The summed E-state index contributed by atoms with van der Waals surface area (Å²) >= 11 is 6.72. The van der Waals surface area contributed by atoms with Crippen LogP contribution >= 0.6 is 18.7 Å². The Labute approximate surface area is 441 Å². The number of hydrogen-bond donors (Lipinski definition) is 3. The van der Waals surface area contributed by atoms with Crippen molar-refractivity contribution in [2.24, 2.45) is 12.5 Å². The Morgan fingerprint density at radius 1 is 0.747 bits per heavy atom. The summed E-state index contributed by atoms with van der Waals surface area (Å²) in [5.74, 6) is -0.652. The fraction of sp³-hybridized carbons (Fsp3) is 0.375. The number of imide groups is 2. The standard InChI is InChI=1S/C56H61ClN11O6P/c1-64-34-37(32-59-64)41-30-45(61-55-58-33-43(57)51(63-55)60-44-13-10-36(28-49(44)75(3,4)73)35-8-6-5-7-9-35)48(74-2)31-47(41)67-26-20-56(21-27-67)18-24-66(25-19-56)38-16-22-65(23-17-38)39-11-12-40-42(29-39)54(72)68(53(40)71)46-14-15-50(69)62-52(46)70/h5-13,28-34,38,46H,14-27H2,1-4H3,(H,62,69,70)(H2,58,60,61,63). The van der Waals surface area contributed by atoms with Crippen molar-refractivity contribution in [2.75, 3.05) is 80.1 Å². The van der Waals surface area contributed by atoms with E-state index in [1.54, 1.807) is 38.8 Å². The van der Waals surface area contributed by atoms with Gasteiger partial charge in [0.25, 0.3) is 11.8 Å². The normalized spacial score (nSPS) is 19.4. The maximum absolute atomic E-state index is 13.7. The van der Waals surface area contributed by atoms with Gasteiger partial charge in [-0.1, -0.05) is 48.0 Å². The first-order valence-corrected chi connectivity index (χ1v) is 28.7. The number of anilines is 6. The lowest BCUT2D eigenvalue weighted by atomic mass is 9.70. The lowest BCUT2D eigenvalue weighted by Crippen LogP contribution is -2.54. The van der Waals surface area contributed by atoms with Crippen LogP contribution in [-0.4, -0.2) is 125 Å². The van der Waals surface area contributed by atoms with Gasteiger partial charge < -0.3 is 34.6 Å². The molecule has 0 bridgehead atoms. The number of carbonyl (C=O) groups is 4. The Kier molecular flexibility index (Phi) is 13.5. The van der Waals surface area contributed by atoms with Crippen LogP contribution in [0.25, 0.3) is 22.3 Å². The summed E-state index contributed by atoms with van der Waals surface area (Å²) in [4.78, 5) is 69.0. The number of methoxy groups -OCH3 is 1. The first-order valence-electron chi connectivity index (χ1n) is 25.8. The predicted molar refractivity (Wildman–Crippen MR) is 293 cm³/mol. The maximum Gasteiger partial charge on any atom is 0.262 e. The first kappa shape index (κ1) is 50.1. The molecule has 4 aromatic carbocycles. The van der Waals surface area contributed by atoms with Gasteiger partial charge in [0.15, 0.2) is 5.82 Å². The van der Waals surface area contributed by atoms with E-state index in [0.717, 1.165) is 116 Å². The molecule has 7 heterocycles. The molecule has 4 saturated heterocycles. The summed E-state index contributed by atoms with van der Waals surface area (Å²) < 4.78 is 21.5. The molecule has 5 aliphatic heterocycles. The molecule has 0 saturated carbocycles. The Hall–Kier alpha value is -7.07. The van der Waals surface area contributed by atoms with Crippen LogP contribution in [0.2, 0.25) is 5.02 Å². The van der Waals surface area contributed by atoms with Crippen molar-refractivity contribution in [1.29, 1.82) is 0 Å². The molecule has 11 rings (SSSR count). The molecular formula is C56H61ClN11O6P. The van der Waals surface area contributed by atoms with Crippen LogP contribution in [0.1, 0.15) is 72.1 Å². The summed E-state index contributed by atoms with van der Waals surface area (Å²) in [5.41, 5.74) is 8.18. The van der Waals surface area contributed by atoms with Gasteiger partial charge in [-0.3, -0.25) is 34.1 Å². The average molecular weight is 1050 g/mol. The number of carbonyl (C=O) groups excluding carboxylic acids is 4. The van der Waals surface area contributed by atoms with E-state index >= 15 is 0 Å². The molecule has 1 spiro atoms. The van der Waals surface area contributed by atoms with Crippen molar-refractivity contribution in [3.63, 3.8) is 0 Å². The molecule has 17 nitrogen and oxygen atoms in total. The van der Waals surface area contributed by atoms with Crippen LogP contribution in [0, 0.1) is 5.41 Å². The zero-order chi connectivity index (χ0) is 52.2. The zero-order valence-electron chi connectivity index (χ0n) is 42.6. The van der Waals surface area contributed by atoms with Crippen molar-refractivity contribution in [3.05, 3.63) is 114 Å². The third-order valence-corrected chi connectivity index (χ3v) is 17.9. The van der Waals surface area contributed by atoms with Crippen LogP contribution in [-0.2, 0) is 21.2 Å². The van der Waals surface area contributed by atoms with Crippen molar-refractivity contribution in [2.45, 2.75) is 63.5 Å². The van der Waals surface area contributed by atoms with Crippen molar-refractivity contribution < 1.29 is 28.5 Å². The van der Waals surface area contributed by atoms with E-state index in [4.69, 9.17) is 21.3 Å². The Bertz CT molecular complexity index is 3260. The lowest BCUT2D eigenvalue weighted by Gasteiger charge is -2.50. The average Bonchev–Trinajstić information content (AvgIpc) is 3.97. The summed E-state index contributed by atoms with van der Waals surface area (Å²) in [6.07, 6.45) is 12.2. The lowest BCUT2D eigenvalue weighted by molar-refractivity contribution is -0.136. The second-order valence-corrected chi connectivity index (χ2v) is 24.6. The van der Waals surface area contributed by atoms with Gasteiger partial charge in [-0.25, -0.2) is 4.98 Å². The smallest absolute Gasteiger partial charge is 0.262 e. The summed E-state index contributed by atoms with van der Waals surface area (Å²) in [5, 5.41) is 14.6. The number of piperidine rings is 4. The van der Waals surface area contributed by atoms with E-state index in [2.05, 4.69) is 52.9 Å². The Morgan fingerprint density at radius 2 is 1.48 bits per heavy atom. The highest BCUT2D eigenvalue weighted by Crippen LogP contribution is 2.47. The molecule has 5 aliphatic rings. The molecule has 19 heteroatoms.